The number of Topliss-reactive ketones (excluding diaryl/α,β-unsaturated/α-hetero) is 1. The van der Waals surface area contributed by atoms with E-state index < -0.39 is 0 Å². The molecule has 2 aromatic heterocycles. The van der Waals surface area contributed by atoms with Crippen LogP contribution in [-0.4, -0.2) is 30.5 Å². The van der Waals surface area contributed by atoms with Crippen LogP contribution < -0.4 is 0 Å². The molecule has 2 aromatic rings. The van der Waals surface area contributed by atoms with Crippen molar-refractivity contribution in [3.63, 3.8) is 0 Å². The number of rotatable bonds is 5. The van der Waals surface area contributed by atoms with Crippen LogP contribution in [0.1, 0.15) is 30.2 Å². The van der Waals surface area contributed by atoms with Gasteiger partial charge in [-0.3, -0.25) is 4.79 Å². The minimum absolute atomic E-state index is 0.0737. The topological polar surface area (TPSA) is 73.6 Å². The number of ketones is 1. The average molecular weight is 245 g/mol. The molecule has 0 aliphatic heterocycles. The maximum Gasteiger partial charge on any atom is 0.188 e. The van der Waals surface area contributed by atoms with Crippen LogP contribution in [-0.2, 0) is 13.0 Å². The molecule has 0 fully saturated rings. The van der Waals surface area contributed by atoms with E-state index in [1.807, 2.05) is 0 Å². The van der Waals surface area contributed by atoms with E-state index in [9.17, 15) is 4.79 Å². The molecule has 0 amide bonds. The van der Waals surface area contributed by atoms with Gasteiger partial charge in [0.25, 0.3) is 0 Å². The second kappa shape index (κ2) is 5.48. The lowest BCUT2D eigenvalue weighted by Gasteiger charge is -2.07. The van der Waals surface area contributed by atoms with Crippen LogP contribution in [0.15, 0.2) is 24.9 Å². The summed E-state index contributed by atoms with van der Waals surface area (Å²) in [5, 5.41) is 4.12. The number of hydrogen-bond acceptors (Lipinski definition) is 5. The lowest BCUT2D eigenvalue weighted by molar-refractivity contribution is 0.0984. The fourth-order valence-corrected chi connectivity index (χ4v) is 1.61. The van der Waals surface area contributed by atoms with Crippen LogP contribution in [0.4, 0.5) is 0 Å². The van der Waals surface area contributed by atoms with E-state index in [2.05, 4.69) is 33.9 Å². The number of aromatic nitrogens is 5. The molecule has 2 heterocycles. The summed E-state index contributed by atoms with van der Waals surface area (Å²) in [6.07, 6.45) is 4.61. The molecule has 2 rings (SSSR count). The van der Waals surface area contributed by atoms with Crippen LogP contribution >= 0.6 is 0 Å². The molecule has 6 heteroatoms. The largest absolute Gasteiger partial charge is 0.292 e. The lowest BCUT2D eigenvalue weighted by atomic mass is 10.2. The molecule has 0 radical (unpaired) electrons. The number of carbonyl (C=O) groups is 1. The molecule has 0 unspecified atom stereocenters. The van der Waals surface area contributed by atoms with Crippen LogP contribution in [0.5, 0.6) is 0 Å². The molecule has 0 aliphatic carbocycles. The van der Waals surface area contributed by atoms with Crippen molar-refractivity contribution in [3.05, 3.63) is 36.4 Å². The third kappa shape index (κ3) is 2.97. The van der Waals surface area contributed by atoms with Crippen molar-refractivity contribution in [2.75, 3.05) is 0 Å². The zero-order valence-electron chi connectivity index (χ0n) is 10.4. The number of carbonyl (C=O) groups excluding carboxylic acids is 1. The van der Waals surface area contributed by atoms with Crippen LogP contribution in [0, 0.1) is 5.92 Å². The highest BCUT2D eigenvalue weighted by Crippen LogP contribution is 2.05. The zero-order chi connectivity index (χ0) is 13.0. The molecule has 0 saturated heterocycles. The molecule has 6 nitrogen and oxygen atoms in total. The molecule has 0 N–H and O–H groups in total. The van der Waals surface area contributed by atoms with Crippen molar-refractivity contribution in [3.8, 4) is 0 Å². The Bertz CT molecular complexity index is 520. The van der Waals surface area contributed by atoms with Crippen molar-refractivity contribution in [1.82, 2.24) is 24.7 Å². The van der Waals surface area contributed by atoms with E-state index in [1.165, 1.54) is 12.7 Å². The van der Waals surface area contributed by atoms with Crippen LogP contribution in [0.3, 0.4) is 0 Å². The molecular formula is C12H15N5O. The summed E-state index contributed by atoms with van der Waals surface area (Å²) in [4.78, 5) is 23.8. The van der Waals surface area contributed by atoms with Gasteiger partial charge in [0.15, 0.2) is 5.78 Å². The van der Waals surface area contributed by atoms with Gasteiger partial charge in [0.1, 0.15) is 24.2 Å². The van der Waals surface area contributed by atoms with Crippen LogP contribution in [0.25, 0.3) is 0 Å². The molecular weight excluding hydrogens is 230 g/mol. The summed E-state index contributed by atoms with van der Waals surface area (Å²) in [5.74, 6) is 1.06. The fourth-order valence-electron chi connectivity index (χ4n) is 1.61. The molecule has 0 atom stereocenters. The molecule has 0 aromatic carbocycles. The van der Waals surface area contributed by atoms with E-state index in [0.29, 0.717) is 17.4 Å². The van der Waals surface area contributed by atoms with Gasteiger partial charge in [0, 0.05) is 12.7 Å². The van der Waals surface area contributed by atoms with Crippen molar-refractivity contribution >= 4 is 5.78 Å². The van der Waals surface area contributed by atoms with Gasteiger partial charge in [-0.05, 0) is 12.0 Å². The zero-order valence-corrected chi connectivity index (χ0v) is 10.4. The first-order valence-corrected chi connectivity index (χ1v) is 5.82. The van der Waals surface area contributed by atoms with E-state index in [4.69, 9.17) is 0 Å². The Kier molecular flexibility index (Phi) is 3.76. The highest BCUT2D eigenvalue weighted by Gasteiger charge is 2.13. The second-order valence-corrected chi connectivity index (χ2v) is 4.45. The minimum atomic E-state index is -0.0737. The number of nitrogens with zero attached hydrogens (tertiary/aromatic N) is 5. The predicted molar refractivity (Wildman–Crippen MR) is 64.9 cm³/mol. The highest BCUT2D eigenvalue weighted by atomic mass is 16.1. The highest BCUT2D eigenvalue weighted by molar-refractivity contribution is 5.95. The molecule has 94 valence electrons. The molecule has 0 aliphatic rings. The van der Waals surface area contributed by atoms with Crippen molar-refractivity contribution < 1.29 is 4.79 Å². The predicted octanol–water partition coefficient (Wildman–Crippen LogP) is 1.15. The third-order valence-corrected chi connectivity index (χ3v) is 2.42. The van der Waals surface area contributed by atoms with E-state index in [-0.39, 0.29) is 12.2 Å². The van der Waals surface area contributed by atoms with Gasteiger partial charge in [-0.25, -0.2) is 19.6 Å². The first-order chi connectivity index (χ1) is 8.66. The smallest absolute Gasteiger partial charge is 0.188 e. The normalized spacial score (nSPS) is 10.8. The Balaban J connectivity index is 2.10. The van der Waals surface area contributed by atoms with Crippen molar-refractivity contribution in [1.29, 1.82) is 0 Å². The summed E-state index contributed by atoms with van der Waals surface area (Å²) < 4.78 is 1.77. The third-order valence-electron chi connectivity index (χ3n) is 2.42. The van der Waals surface area contributed by atoms with Gasteiger partial charge in [0.05, 0.1) is 6.42 Å². The van der Waals surface area contributed by atoms with Crippen molar-refractivity contribution in [2.24, 2.45) is 5.92 Å². The Labute approximate surface area is 105 Å². The molecule has 0 saturated carbocycles. The van der Waals surface area contributed by atoms with Crippen molar-refractivity contribution in [2.45, 2.75) is 26.8 Å². The van der Waals surface area contributed by atoms with Gasteiger partial charge >= 0.3 is 0 Å². The molecule has 0 spiro atoms. The summed E-state index contributed by atoms with van der Waals surface area (Å²) in [6, 6.07) is 1.60. The molecule has 18 heavy (non-hydrogen) atoms. The lowest BCUT2D eigenvalue weighted by Crippen LogP contribution is -2.15. The minimum Gasteiger partial charge on any atom is -0.292 e. The summed E-state index contributed by atoms with van der Waals surface area (Å²) in [7, 11) is 0. The first-order valence-electron chi connectivity index (χ1n) is 5.82. The van der Waals surface area contributed by atoms with E-state index >= 15 is 0 Å². The Morgan fingerprint density at radius 2 is 2.17 bits per heavy atom. The van der Waals surface area contributed by atoms with Gasteiger partial charge in [-0.2, -0.15) is 5.10 Å². The summed E-state index contributed by atoms with van der Waals surface area (Å²) in [6.45, 7) is 4.95. The average Bonchev–Trinajstić information content (AvgIpc) is 2.77. The second-order valence-electron chi connectivity index (χ2n) is 4.45. The van der Waals surface area contributed by atoms with E-state index in [0.717, 1.165) is 6.54 Å². The molecule has 0 bridgehead atoms. The summed E-state index contributed by atoms with van der Waals surface area (Å²) >= 11 is 0. The van der Waals surface area contributed by atoms with Gasteiger partial charge in [0.2, 0.25) is 0 Å². The van der Waals surface area contributed by atoms with Crippen LogP contribution in [0.2, 0.25) is 0 Å². The Morgan fingerprint density at radius 3 is 2.83 bits per heavy atom. The first kappa shape index (κ1) is 12.3. The monoisotopic (exact) mass is 245 g/mol. The fraction of sp³-hybridized carbons (Fsp3) is 0.417. The maximum atomic E-state index is 12.0. The quantitative estimate of drug-likeness (QED) is 0.739. The Hall–Kier alpha value is -2.11. The number of hydrogen-bond donors (Lipinski definition) is 0. The SMILES string of the molecule is CC(C)Cn1ncnc1CC(=O)c1ccncn1. The maximum absolute atomic E-state index is 12.0. The van der Waals surface area contributed by atoms with Gasteiger partial charge in [-0.15, -0.1) is 0 Å². The summed E-state index contributed by atoms with van der Waals surface area (Å²) in [5.41, 5.74) is 0.407. The van der Waals surface area contributed by atoms with Gasteiger partial charge in [-0.1, -0.05) is 13.8 Å². The van der Waals surface area contributed by atoms with E-state index in [1.54, 1.807) is 16.9 Å². The standard InChI is InChI=1S/C12H15N5O/c1-9(2)6-17-12(15-8-16-17)5-11(18)10-3-4-13-7-14-10/h3-4,7-9H,5-6H2,1-2H3. The van der Waals surface area contributed by atoms with Gasteiger partial charge < -0.3 is 0 Å². The Morgan fingerprint density at radius 1 is 1.33 bits per heavy atom.